The molecular weight excluding hydrogens is 426 g/mol. The third kappa shape index (κ3) is 4.01. The van der Waals surface area contributed by atoms with Crippen LogP contribution in [0.15, 0.2) is 34.1 Å². The van der Waals surface area contributed by atoms with Gasteiger partial charge in [-0.2, -0.15) is 0 Å². The van der Waals surface area contributed by atoms with Crippen LogP contribution in [0.2, 0.25) is 0 Å². The van der Waals surface area contributed by atoms with Gasteiger partial charge in [-0.15, -0.1) is 0 Å². The van der Waals surface area contributed by atoms with Crippen molar-refractivity contribution >= 4 is 17.1 Å². The van der Waals surface area contributed by atoms with Crippen LogP contribution in [0, 0.1) is 0 Å². The van der Waals surface area contributed by atoms with Crippen LogP contribution in [0.4, 0.5) is 0 Å². The maximum absolute atomic E-state index is 13.1. The van der Waals surface area contributed by atoms with Gasteiger partial charge in [0, 0.05) is 39.2 Å². The van der Waals surface area contributed by atoms with Crippen LogP contribution in [0.3, 0.4) is 0 Å². The van der Waals surface area contributed by atoms with E-state index in [1.807, 2.05) is 23.1 Å². The highest BCUT2D eigenvalue weighted by molar-refractivity contribution is 5.77. The lowest BCUT2D eigenvalue weighted by atomic mass is 10.0. The summed E-state index contributed by atoms with van der Waals surface area (Å²) in [4.78, 5) is 44.0. The minimum absolute atomic E-state index is 0.0570. The number of aryl methyl sites for hydroxylation is 2. The van der Waals surface area contributed by atoms with Gasteiger partial charge in [0.2, 0.25) is 5.91 Å². The van der Waals surface area contributed by atoms with Crippen molar-refractivity contribution in [3.05, 3.63) is 50.9 Å². The molecule has 1 aromatic carbocycles. The SMILES string of the molecule is COc1ccc(OC)c(C2CCCN2C(=O)CCCn2cnc3c2c(=O)n(C)c(=O)n3C)c1. The molecule has 0 aliphatic carbocycles. The second-order valence-corrected chi connectivity index (χ2v) is 8.27. The molecule has 3 heterocycles. The number of hydrogen-bond acceptors (Lipinski definition) is 6. The standard InChI is InChI=1S/C23H29N5O5/c1-25-21-20(22(30)26(2)23(25)31)27(14-24-21)11-6-8-19(29)28-12-5-7-17(28)16-13-15(32-3)9-10-18(16)33-4/h9-10,13-14,17H,5-8,11-12H2,1-4H3. The molecule has 1 saturated heterocycles. The number of likely N-dealkylation sites (tertiary alicyclic amines) is 1. The Kier molecular flexibility index (Phi) is 6.26. The van der Waals surface area contributed by atoms with E-state index in [1.165, 1.54) is 11.6 Å². The lowest BCUT2D eigenvalue weighted by Crippen LogP contribution is -2.37. The minimum atomic E-state index is -0.416. The molecule has 1 unspecified atom stereocenters. The van der Waals surface area contributed by atoms with Crippen molar-refractivity contribution in [2.24, 2.45) is 14.1 Å². The molecule has 0 radical (unpaired) electrons. The van der Waals surface area contributed by atoms with Gasteiger partial charge in [-0.05, 0) is 37.5 Å². The Morgan fingerprint density at radius 2 is 1.94 bits per heavy atom. The van der Waals surface area contributed by atoms with Crippen molar-refractivity contribution in [1.29, 1.82) is 0 Å². The first-order valence-electron chi connectivity index (χ1n) is 11.0. The van der Waals surface area contributed by atoms with Crippen LogP contribution in [-0.4, -0.2) is 50.3 Å². The van der Waals surface area contributed by atoms with E-state index in [1.54, 1.807) is 32.2 Å². The van der Waals surface area contributed by atoms with Gasteiger partial charge in [0.05, 0.1) is 26.6 Å². The number of carbonyl (C=O) groups is 1. The fourth-order valence-corrected chi connectivity index (χ4v) is 4.60. The lowest BCUT2D eigenvalue weighted by molar-refractivity contribution is -0.132. The number of benzene rings is 1. The van der Waals surface area contributed by atoms with E-state index < -0.39 is 5.69 Å². The summed E-state index contributed by atoms with van der Waals surface area (Å²) in [5.74, 6) is 1.53. The molecule has 0 spiro atoms. The number of methoxy groups -OCH3 is 2. The van der Waals surface area contributed by atoms with Gasteiger partial charge in [-0.25, -0.2) is 9.78 Å². The predicted molar refractivity (Wildman–Crippen MR) is 123 cm³/mol. The smallest absolute Gasteiger partial charge is 0.332 e. The molecule has 10 nitrogen and oxygen atoms in total. The molecular formula is C23H29N5O5. The zero-order valence-corrected chi connectivity index (χ0v) is 19.4. The highest BCUT2D eigenvalue weighted by Crippen LogP contribution is 2.39. The largest absolute Gasteiger partial charge is 0.497 e. The van der Waals surface area contributed by atoms with Crippen molar-refractivity contribution in [1.82, 2.24) is 23.6 Å². The average Bonchev–Trinajstić information content (AvgIpc) is 3.48. The van der Waals surface area contributed by atoms with Gasteiger partial charge < -0.3 is 18.9 Å². The monoisotopic (exact) mass is 455 g/mol. The fraction of sp³-hybridized carbons (Fsp3) is 0.478. The Morgan fingerprint density at radius 3 is 2.67 bits per heavy atom. The summed E-state index contributed by atoms with van der Waals surface area (Å²) < 4.78 is 15.1. The van der Waals surface area contributed by atoms with Gasteiger partial charge >= 0.3 is 5.69 Å². The first-order valence-corrected chi connectivity index (χ1v) is 11.0. The first-order chi connectivity index (χ1) is 15.9. The molecule has 1 atom stereocenters. The summed E-state index contributed by atoms with van der Waals surface area (Å²) in [6, 6.07) is 5.59. The number of rotatable bonds is 7. The summed E-state index contributed by atoms with van der Waals surface area (Å²) in [6.07, 6.45) is 4.23. The summed E-state index contributed by atoms with van der Waals surface area (Å²) >= 11 is 0. The summed E-state index contributed by atoms with van der Waals surface area (Å²) in [5.41, 5.74) is 0.863. The molecule has 10 heteroatoms. The Morgan fingerprint density at radius 1 is 1.15 bits per heavy atom. The first kappa shape index (κ1) is 22.6. The van der Waals surface area contributed by atoms with Crippen molar-refractivity contribution < 1.29 is 14.3 Å². The maximum Gasteiger partial charge on any atom is 0.332 e. The Hall–Kier alpha value is -3.56. The molecule has 4 rings (SSSR count). The summed E-state index contributed by atoms with van der Waals surface area (Å²) in [7, 11) is 6.28. The van der Waals surface area contributed by atoms with E-state index in [0.29, 0.717) is 37.1 Å². The topological polar surface area (TPSA) is 101 Å². The predicted octanol–water partition coefficient (Wildman–Crippen LogP) is 1.59. The van der Waals surface area contributed by atoms with Gasteiger partial charge in [0.15, 0.2) is 11.2 Å². The zero-order chi connectivity index (χ0) is 23.7. The minimum Gasteiger partial charge on any atom is -0.497 e. The van der Waals surface area contributed by atoms with Crippen LogP contribution in [0.25, 0.3) is 11.2 Å². The number of fused-ring (bicyclic) bond motifs is 1. The van der Waals surface area contributed by atoms with Crippen molar-refractivity contribution in [3.8, 4) is 11.5 Å². The van der Waals surface area contributed by atoms with Crippen LogP contribution in [0.1, 0.15) is 37.3 Å². The maximum atomic E-state index is 13.1. The number of amides is 1. The molecule has 176 valence electrons. The highest BCUT2D eigenvalue weighted by Gasteiger charge is 2.31. The lowest BCUT2D eigenvalue weighted by Gasteiger charge is -2.27. The molecule has 1 aliphatic heterocycles. The third-order valence-electron chi connectivity index (χ3n) is 6.38. The Labute approximate surface area is 191 Å². The number of ether oxygens (including phenoxy) is 2. The number of hydrogen-bond donors (Lipinski definition) is 0. The van der Waals surface area contributed by atoms with Gasteiger partial charge in [0.1, 0.15) is 11.5 Å². The van der Waals surface area contributed by atoms with E-state index in [0.717, 1.165) is 34.5 Å². The van der Waals surface area contributed by atoms with Crippen LogP contribution >= 0.6 is 0 Å². The van der Waals surface area contributed by atoms with E-state index in [2.05, 4.69) is 4.98 Å². The van der Waals surface area contributed by atoms with Crippen molar-refractivity contribution in [2.75, 3.05) is 20.8 Å². The Balaban J connectivity index is 1.49. The molecule has 1 aliphatic rings. The molecule has 3 aromatic rings. The second kappa shape index (κ2) is 9.13. The van der Waals surface area contributed by atoms with Gasteiger partial charge in [-0.3, -0.25) is 18.7 Å². The molecule has 1 fully saturated rings. The summed E-state index contributed by atoms with van der Waals surface area (Å²) in [6.45, 7) is 1.15. The molecule has 0 N–H and O–H groups in total. The third-order valence-corrected chi connectivity index (χ3v) is 6.38. The van der Waals surface area contributed by atoms with E-state index >= 15 is 0 Å². The zero-order valence-electron chi connectivity index (χ0n) is 19.4. The second-order valence-electron chi connectivity index (χ2n) is 8.27. The normalized spacial score (nSPS) is 15.9. The number of imidazole rings is 1. The number of aromatic nitrogens is 4. The number of nitrogens with zero attached hydrogens (tertiary/aromatic N) is 5. The molecule has 1 amide bonds. The van der Waals surface area contributed by atoms with Crippen LogP contribution in [0.5, 0.6) is 11.5 Å². The molecule has 33 heavy (non-hydrogen) atoms. The average molecular weight is 456 g/mol. The number of carbonyl (C=O) groups excluding carboxylic acids is 1. The van der Waals surface area contributed by atoms with Crippen LogP contribution < -0.4 is 20.7 Å². The van der Waals surface area contributed by atoms with Gasteiger partial charge in [0.25, 0.3) is 5.56 Å². The van der Waals surface area contributed by atoms with Crippen LogP contribution in [-0.2, 0) is 25.4 Å². The van der Waals surface area contributed by atoms with Crippen molar-refractivity contribution in [3.63, 3.8) is 0 Å². The molecule has 0 saturated carbocycles. The quantitative estimate of drug-likeness (QED) is 0.536. The Bertz CT molecular complexity index is 1310. The van der Waals surface area contributed by atoms with Gasteiger partial charge in [-0.1, -0.05) is 0 Å². The fourth-order valence-electron chi connectivity index (χ4n) is 4.60. The van der Waals surface area contributed by atoms with E-state index in [-0.39, 0.29) is 17.5 Å². The van der Waals surface area contributed by atoms with E-state index in [4.69, 9.17) is 9.47 Å². The molecule has 0 bridgehead atoms. The highest BCUT2D eigenvalue weighted by atomic mass is 16.5. The van der Waals surface area contributed by atoms with E-state index in [9.17, 15) is 14.4 Å². The summed E-state index contributed by atoms with van der Waals surface area (Å²) in [5, 5.41) is 0. The van der Waals surface area contributed by atoms with Crippen molar-refractivity contribution in [2.45, 2.75) is 38.3 Å². The molecule has 2 aromatic heterocycles.